The number of ether oxygens (including phenoxy) is 6. The third kappa shape index (κ3) is 8.30. The van der Waals surface area contributed by atoms with Crippen molar-refractivity contribution in [3.05, 3.63) is 47.7 Å². The van der Waals surface area contributed by atoms with Crippen molar-refractivity contribution in [2.75, 3.05) is 19.8 Å². The van der Waals surface area contributed by atoms with E-state index < -0.39 is 97.6 Å². The Morgan fingerprint density at radius 2 is 1.79 bits per heavy atom. The number of rotatable bonds is 12. The number of phenolic OH excluding ortho intramolecular Hbond substituents is 1. The SMILES string of the molecule is CCC(C)C(=O)O[C@@H]1OC=C(CO[C@@H]2O[C@H](CO)[C@@H](O)[C@H](O)[C@H]2OC(=O)/C=C\c2ccc(O)cc2)C2C[C@H](O)[C@](O)(COC(C)=O)C21. The zero-order valence-electron chi connectivity index (χ0n) is 26.2. The summed E-state index contributed by atoms with van der Waals surface area (Å²) >= 11 is 0. The van der Waals surface area contributed by atoms with Gasteiger partial charge in [0, 0.05) is 18.9 Å². The number of aromatic hydroxyl groups is 1. The van der Waals surface area contributed by atoms with Crippen LogP contribution in [0.3, 0.4) is 0 Å². The third-order valence-electron chi connectivity index (χ3n) is 8.74. The summed E-state index contributed by atoms with van der Waals surface area (Å²) in [5.74, 6) is -4.50. The lowest BCUT2D eigenvalue weighted by atomic mass is 9.80. The van der Waals surface area contributed by atoms with Gasteiger partial charge in [-0.1, -0.05) is 26.0 Å². The normalized spacial score (nSPS) is 34.1. The minimum atomic E-state index is -2.07. The fraction of sp³-hybridized carbons (Fsp3) is 0.594. The molecule has 15 heteroatoms. The Balaban J connectivity index is 1.54. The van der Waals surface area contributed by atoms with Crippen LogP contribution in [0.25, 0.3) is 6.08 Å². The molecule has 3 aliphatic rings. The lowest BCUT2D eigenvalue weighted by Crippen LogP contribution is -2.60. The average molecular weight is 667 g/mol. The summed E-state index contributed by atoms with van der Waals surface area (Å²) in [5.41, 5.74) is -1.15. The molecule has 47 heavy (non-hydrogen) atoms. The average Bonchev–Trinajstić information content (AvgIpc) is 3.32. The number of carbonyl (C=O) groups excluding carboxylic acids is 3. The van der Waals surface area contributed by atoms with E-state index in [2.05, 4.69) is 0 Å². The van der Waals surface area contributed by atoms with Gasteiger partial charge >= 0.3 is 17.9 Å². The Labute approximate surface area is 270 Å². The van der Waals surface area contributed by atoms with Crippen LogP contribution in [0.4, 0.5) is 0 Å². The molecule has 6 N–H and O–H groups in total. The monoisotopic (exact) mass is 666 g/mol. The molecule has 2 aliphatic heterocycles. The molecular weight excluding hydrogens is 624 g/mol. The van der Waals surface area contributed by atoms with Crippen molar-refractivity contribution in [3.8, 4) is 5.75 Å². The minimum absolute atomic E-state index is 0.0354. The van der Waals surface area contributed by atoms with Gasteiger partial charge in [-0.25, -0.2) is 4.79 Å². The van der Waals surface area contributed by atoms with Gasteiger partial charge in [0.25, 0.3) is 0 Å². The van der Waals surface area contributed by atoms with E-state index >= 15 is 0 Å². The van der Waals surface area contributed by atoms with E-state index in [0.29, 0.717) is 17.6 Å². The molecule has 260 valence electrons. The highest BCUT2D eigenvalue weighted by atomic mass is 16.7. The summed E-state index contributed by atoms with van der Waals surface area (Å²) in [6.07, 6.45) is -6.39. The van der Waals surface area contributed by atoms with Gasteiger partial charge in [0.2, 0.25) is 6.29 Å². The van der Waals surface area contributed by atoms with Gasteiger partial charge in [-0.3, -0.25) is 9.59 Å². The number of carbonyl (C=O) groups is 3. The van der Waals surface area contributed by atoms with E-state index in [4.69, 9.17) is 28.4 Å². The van der Waals surface area contributed by atoms with Gasteiger partial charge in [-0.15, -0.1) is 0 Å². The maximum absolute atomic E-state index is 12.7. The van der Waals surface area contributed by atoms with Gasteiger partial charge in [0.05, 0.1) is 37.4 Å². The molecule has 0 radical (unpaired) electrons. The van der Waals surface area contributed by atoms with Gasteiger partial charge in [0.15, 0.2) is 12.4 Å². The first-order valence-corrected chi connectivity index (χ1v) is 15.3. The molecule has 1 aromatic carbocycles. The van der Waals surface area contributed by atoms with Crippen molar-refractivity contribution in [1.82, 2.24) is 0 Å². The van der Waals surface area contributed by atoms with Crippen molar-refractivity contribution in [2.24, 2.45) is 17.8 Å². The maximum atomic E-state index is 12.7. The second kappa shape index (κ2) is 15.6. The number of benzene rings is 1. The summed E-state index contributed by atoms with van der Waals surface area (Å²) in [5, 5.41) is 63.0. The van der Waals surface area contributed by atoms with E-state index in [1.54, 1.807) is 26.0 Å². The highest BCUT2D eigenvalue weighted by Gasteiger charge is 2.61. The summed E-state index contributed by atoms with van der Waals surface area (Å²) in [7, 11) is 0. The topological polar surface area (TPSA) is 228 Å². The summed E-state index contributed by atoms with van der Waals surface area (Å²) in [6.45, 7) is 2.95. The van der Waals surface area contributed by atoms with E-state index in [9.17, 15) is 45.0 Å². The number of esters is 3. The van der Waals surface area contributed by atoms with E-state index in [-0.39, 0.29) is 18.8 Å². The molecule has 4 rings (SSSR count). The quantitative estimate of drug-likeness (QED) is 0.0972. The van der Waals surface area contributed by atoms with Gasteiger partial charge in [-0.05, 0) is 42.2 Å². The Hall–Kier alpha value is -3.57. The van der Waals surface area contributed by atoms with Crippen LogP contribution in [0.15, 0.2) is 42.2 Å². The number of aliphatic hydroxyl groups is 5. The third-order valence-corrected chi connectivity index (χ3v) is 8.74. The zero-order valence-corrected chi connectivity index (χ0v) is 26.2. The van der Waals surface area contributed by atoms with Crippen LogP contribution in [0, 0.1) is 17.8 Å². The maximum Gasteiger partial charge on any atom is 0.331 e. The van der Waals surface area contributed by atoms with E-state index in [1.165, 1.54) is 24.5 Å². The first-order chi connectivity index (χ1) is 22.3. The molecule has 0 aromatic heterocycles. The molecule has 0 amide bonds. The molecule has 1 aromatic rings. The van der Waals surface area contributed by atoms with Crippen molar-refractivity contribution in [1.29, 1.82) is 0 Å². The predicted octanol–water partition coefficient (Wildman–Crippen LogP) is -0.106. The molecule has 3 unspecified atom stereocenters. The Morgan fingerprint density at radius 1 is 1.09 bits per heavy atom. The molecular formula is C32H42O15. The minimum Gasteiger partial charge on any atom is -0.508 e. The number of aliphatic hydroxyl groups excluding tert-OH is 4. The molecule has 2 fully saturated rings. The molecule has 0 bridgehead atoms. The van der Waals surface area contributed by atoms with Gasteiger partial charge < -0.3 is 59.1 Å². The van der Waals surface area contributed by atoms with Crippen molar-refractivity contribution < 1.29 is 73.4 Å². The van der Waals surface area contributed by atoms with E-state index in [1.807, 2.05) is 0 Å². The number of phenols is 1. The predicted molar refractivity (Wildman–Crippen MR) is 158 cm³/mol. The molecule has 1 saturated carbocycles. The fourth-order valence-corrected chi connectivity index (χ4v) is 5.76. The van der Waals surface area contributed by atoms with Gasteiger partial charge in [0.1, 0.15) is 36.3 Å². The molecule has 2 heterocycles. The first-order valence-electron chi connectivity index (χ1n) is 15.3. The second-order valence-electron chi connectivity index (χ2n) is 11.9. The van der Waals surface area contributed by atoms with Crippen LogP contribution in [-0.4, -0.2) is 117 Å². The molecule has 1 aliphatic carbocycles. The highest BCUT2D eigenvalue weighted by Crippen LogP contribution is 2.50. The van der Waals surface area contributed by atoms with Crippen LogP contribution in [-0.2, 0) is 42.8 Å². The number of hydrogen-bond acceptors (Lipinski definition) is 15. The number of fused-ring (bicyclic) bond motifs is 1. The lowest BCUT2D eigenvalue weighted by Gasteiger charge is -2.42. The molecule has 15 nitrogen and oxygen atoms in total. The van der Waals surface area contributed by atoms with Gasteiger partial charge in [-0.2, -0.15) is 0 Å². The van der Waals surface area contributed by atoms with Crippen molar-refractivity contribution in [2.45, 2.75) is 82.3 Å². The van der Waals surface area contributed by atoms with Crippen LogP contribution < -0.4 is 0 Å². The second-order valence-corrected chi connectivity index (χ2v) is 11.9. The largest absolute Gasteiger partial charge is 0.508 e. The smallest absolute Gasteiger partial charge is 0.331 e. The Kier molecular flexibility index (Phi) is 12.0. The molecule has 1 saturated heterocycles. The fourth-order valence-electron chi connectivity index (χ4n) is 5.76. The van der Waals surface area contributed by atoms with Crippen LogP contribution >= 0.6 is 0 Å². The Bertz CT molecular complexity index is 1310. The van der Waals surface area contributed by atoms with Crippen molar-refractivity contribution in [3.63, 3.8) is 0 Å². The van der Waals surface area contributed by atoms with Crippen LogP contribution in [0.5, 0.6) is 5.75 Å². The van der Waals surface area contributed by atoms with Crippen LogP contribution in [0.1, 0.15) is 39.2 Å². The highest BCUT2D eigenvalue weighted by molar-refractivity contribution is 5.87. The first kappa shape index (κ1) is 36.3. The standard InChI is InChI=1S/C32H42O15/c1-4-16(2)29(40)47-30-25-21(11-23(36)32(25,41)15-44-17(3)34)19(13-42-30)14-43-31-28(27(39)26(38)22(12-33)45-31)46-24(37)10-7-18-5-8-20(35)9-6-18/h5-10,13,16,21-23,25-28,30-31,33,35-36,38-39,41H,4,11-12,14-15H2,1-3H3/b10-7-/t16?,21?,22-,23+,25?,26-,27+,28-,30+,31-,32-/m1/s1. The zero-order chi connectivity index (χ0) is 34.5. The van der Waals surface area contributed by atoms with E-state index in [0.717, 1.165) is 13.0 Å². The number of hydrogen-bond donors (Lipinski definition) is 6. The molecule has 0 spiro atoms. The Morgan fingerprint density at radius 3 is 2.43 bits per heavy atom. The summed E-state index contributed by atoms with van der Waals surface area (Å²) < 4.78 is 33.3. The molecule has 11 atom stereocenters. The van der Waals surface area contributed by atoms with Crippen molar-refractivity contribution >= 4 is 24.0 Å². The lowest BCUT2D eigenvalue weighted by molar-refractivity contribution is -0.302. The summed E-state index contributed by atoms with van der Waals surface area (Å²) in [6, 6.07) is 5.95. The summed E-state index contributed by atoms with van der Waals surface area (Å²) in [4.78, 5) is 37.0. The van der Waals surface area contributed by atoms with Crippen LogP contribution in [0.2, 0.25) is 0 Å².